The Labute approximate surface area is 138 Å². The van der Waals surface area contributed by atoms with E-state index < -0.39 is 0 Å². The Balaban J connectivity index is 1.81. The largest absolute Gasteiger partial charge is 0.493 e. The summed E-state index contributed by atoms with van der Waals surface area (Å²) in [5.74, 6) is 1.54. The molecule has 1 aromatic rings. The second-order valence-corrected chi connectivity index (χ2v) is 5.96. The first-order valence-electron chi connectivity index (χ1n) is 7.98. The van der Waals surface area contributed by atoms with Gasteiger partial charge in [-0.2, -0.15) is 0 Å². The highest BCUT2D eigenvalue weighted by Crippen LogP contribution is 2.27. The molecule has 22 heavy (non-hydrogen) atoms. The summed E-state index contributed by atoms with van der Waals surface area (Å²) in [7, 11) is 3.31. The zero-order chi connectivity index (χ0) is 15.8. The molecule has 0 spiro atoms. The van der Waals surface area contributed by atoms with E-state index in [1.807, 2.05) is 12.1 Å². The lowest BCUT2D eigenvalue weighted by atomic mass is 10.1. The normalized spacial score (nSPS) is 15.1. The van der Waals surface area contributed by atoms with E-state index in [1.165, 1.54) is 31.2 Å². The van der Waals surface area contributed by atoms with Crippen LogP contribution >= 0.6 is 12.2 Å². The van der Waals surface area contributed by atoms with Gasteiger partial charge >= 0.3 is 0 Å². The topological polar surface area (TPSA) is 33.7 Å². The lowest BCUT2D eigenvalue weighted by Crippen LogP contribution is -2.41. The minimum Gasteiger partial charge on any atom is -0.493 e. The molecule has 1 aromatic carbocycles. The van der Waals surface area contributed by atoms with Crippen molar-refractivity contribution >= 4 is 17.3 Å². The summed E-state index contributed by atoms with van der Waals surface area (Å²) in [4.78, 5) is 2.30. The standard InChI is InChI=1S/C17H26N2O2S/c1-20-15-8-7-14(13-16(15)21-2)9-10-18-17(22)19-11-5-3-4-6-12-19/h7-8,13H,3-6,9-12H2,1-2H3,(H,18,22). The zero-order valence-electron chi connectivity index (χ0n) is 13.6. The highest BCUT2D eigenvalue weighted by Gasteiger charge is 2.11. The number of benzene rings is 1. The molecule has 1 fully saturated rings. The minimum atomic E-state index is 0.763. The van der Waals surface area contributed by atoms with Gasteiger partial charge in [0.05, 0.1) is 14.2 Å². The van der Waals surface area contributed by atoms with Crippen LogP contribution < -0.4 is 14.8 Å². The molecule has 0 radical (unpaired) electrons. The van der Waals surface area contributed by atoms with E-state index in [1.54, 1.807) is 14.2 Å². The molecule has 0 atom stereocenters. The maximum atomic E-state index is 5.51. The van der Waals surface area contributed by atoms with Crippen LogP contribution in [0.25, 0.3) is 0 Å². The Morgan fingerprint density at radius 1 is 1.09 bits per heavy atom. The van der Waals surface area contributed by atoms with Gasteiger partial charge < -0.3 is 19.7 Å². The number of ether oxygens (including phenoxy) is 2. The monoisotopic (exact) mass is 322 g/mol. The van der Waals surface area contributed by atoms with Crippen LogP contribution in [-0.2, 0) is 6.42 Å². The maximum Gasteiger partial charge on any atom is 0.168 e. The van der Waals surface area contributed by atoms with Crippen LogP contribution in [0.3, 0.4) is 0 Å². The molecule has 1 aliphatic heterocycles. The second-order valence-electron chi connectivity index (χ2n) is 5.57. The maximum absolute atomic E-state index is 5.51. The van der Waals surface area contributed by atoms with E-state index in [-0.39, 0.29) is 0 Å². The molecular formula is C17H26N2O2S. The summed E-state index contributed by atoms with van der Waals surface area (Å²) in [6, 6.07) is 6.04. The van der Waals surface area contributed by atoms with E-state index in [9.17, 15) is 0 Å². The third-order valence-corrected chi connectivity index (χ3v) is 4.43. The van der Waals surface area contributed by atoms with Gasteiger partial charge in [0.15, 0.2) is 16.6 Å². The van der Waals surface area contributed by atoms with Gasteiger partial charge in [0.25, 0.3) is 0 Å². The van der Waals surface area contributed by atoms with Crippen molar-refractivity contribution in [2.24, 2.45) is 0 Å². The predicted octanol–water partition coefficient (Wildman–Crippen LogP) is 3.00. The van der Waals surface area contributed by atoms with Crippen LogP contribution in [0.4, 0.5) is 0 Å². The number of methoxy groups -OCH3 is 2. The van der Waals surface area contributed by atoms with E-state index in [2.05, 4.69) is 16.3 Å². The summed E-state index contributed by atoms with van der Waals surface area (Å²) >= 11 is 5.51. The molecule has 4 nitrogen and oxygen atoms in total. The number of thiocarbonyl (C=S) groups is 1. The first kappa shape index (κ1) is 16.9. The quantitative estimate of drug-likeness (QED) is 0.843. The highest BCUT2D eigenvalue weighted by molar-refractivity contribution is 7.80. The highest BCUT2D eigenvalue weighted by atomic mass is 32.1. The third-order valence-electron chi connectivity index (χ3n) is 4.03. The van der Waals surface area contributed by atoms with Gasteiger partial charge in [-0.05, 0) is 49.2 Å². The van der Waals surface area contributed by atoms with E-state index >= 15 is 0 Å². The van der Waals surface area contributed by atoms with E-state index in [4.69, 9.17) is 21.7 Å². The SMILES string of the molecule is COc1ccc(CCNC(=S)N2CCCCCC2)cc1OC. The van der Waals surface area contributed by atoms with Crippen LogP contribution in [0.15, 0.2) is 18.2 Å². The van der Waals surface area contributed by atoms with Gasteiger partial charge in [-0.15, -0.1) is 0 Å². The van der Waals surface area contributed by atoms with Gasteiger partial charge in [0.2, 0.25) is 0 Å². The molecule has 0 saturated carbocycles. The number of hydrogen-bond donors (Lipinski definition) is 1. The molecule has 122 valence electrons. The van der Waals surface area contributed by atoms with Gasteiger partial charge in [0.1, 0.15) is 0 Å². The Bertz CT molecular complexity index is 486. The summed E-state index contributed by atoms with van der Waals surface area (Å²) in [5.41, 5.74) is 1.21. The van der Waals surface area contributed by atoms with Crippen LogP contribution in [0.1, 0.15) is 31.2 Å². The molecule has 1 N–H and O–H groups in total. The average Bonchev–Trinajstić information content (AvgIpc) is 2.83. The zero-order valence-corrected chi connectivity index (χ0v) is 14.4. The van der Waals surface area contributed by atoms with Crippen molar-refractivity contribution in [1.29, 1.82) is 0 Å². The second kappa shape index (κ2) is 8.83. The van der Waals surface area contributed by atoms with Crippen LogP contribution in [-0.4, -0.2) is 43.9 Å². The third kappa shape index (κ3) is 4.77. The van der Waals surface area contributed by atoms with Gasteiger partial charge in [-0.3, -0.25) is 0 Å². The van der Waals surface area contributed by atoms with E-state index in [0.717, 1.165) is 42.7 Å². The number of rotatable bonds is 5. The molecule has 1 heterocycles. The molecule has 1 aliphatic rings. The Kier molecular flexibility index (Phi) is 6.77. The first-order chi connectivity index (χ1) is 10.7. The smallest absolute Gasteiger partial charge is 0.168 e. The minimum absolute atomic E-state index is 0.763. The van der Waals surface area contributed by atoms with Gasteiger partial charge in [-0.1, -0.05) is 18.9 Å². The fraction of sp³-hybridized carbons (Fsp3) is 0.588. The number of nitrogens with zero attached hydrogens (tertiary/aromatic N) is 1. The number of nitrogens with one attached hydrogen (secondary N) is 1. The van der Waals surface area contributed by atoms with E-state index in [0.29, 0.717) is 0 Å². The summed E-state index contributed by atoms with van der Waals surface area (Å²) in [6.45, 7) is 3.01. The molecule has 0 bridgehead atoms. The van der Waals surface area contributed by atoms with Gasteiger partial charge in [0, 0.05) is 19.6 Å². The van der Waals surface area contributed by atoms with Crippen LogP contribution in [0.5, 0.6) is 11.5 Å². The molecule has 0 aliphatic carbocycles. The molecular weight excluding hydrogens is 296 g/mol. The molecule has 1 saturated heterocycles. The van der Waals surface area contributed by atoms with Crippen molar-refractivity contribution in [3.63, 3.8) is 0 Å². The Morgan fingerprint density at radius 2 is 1.77 bits per heavy atom. The fourth-order valence-electron chi connectivity index (χ4n) is 2.74. The lowest BCUT2D eigenvalue weighted by molar-refractivity contribution is 0.354. The summed E-state index contributed by atoms with van der Waals surface area (Å²) in [5, 5.41) is 4.27. The molecule has 0 amide bonds. The molecule has 0 aromatic heterocycles. The Hall–Kier alpha value is -1.49. The summed E-state index contributed by atoms with van der Waals surface area (Å²) < 4.78 is 10.6. The summed E-state index contributed by atoms with van der Waals surface area (Å²) in [6.07, 6.45) is 6.05. The molecule has 5 heteroatoms. The molecule has 2 rings (SSSR count). The van der Waals surface area contributed by atoms with Gasteiger partial charge in [-0.25, -0.2) is 0 Å². The fourth-order valence-corrected chi connectivity index (χ4v) is 3.02. The van der Waals surface area contributed by atoms with Crippen molar-refractivity contribution in [3.8, 4) is 11.5 Å². The lowest BCUT2D eigenvalue weighted by Gasteiger charge is -2.24. The van der Waals surface area contributed by atoms with Crippen molar-refractivity contribution in [1.82, 2.24) is 10.2 Å². The van der Waals surface area contributed by atoms with Crippen LogP contribution in [0.2, 0.25) is 0 Å². The van der Waals surface area contributed by atoms with Crippen LogP contribution in [0, 0.1) is 0 Å². The van der Waals surface area contributed by atoms with Crippen molar-refractivity contribution in [3.05, 3.63) is 23.8 Å². The first-order valence-corrected chi connectivity index (χ1v) is 8.39. The van der Waals surface area contributed by atoms with Crippen molar-refractivity contribution in [2.45, 2.75) is 32.1 Å². The van der Waals surface area contributed by atoms with Crippen molar-refractivity contribution < 1.29 is 9.47 Å². The Morgan fingerprint density at radius 3 is 2.41 bits per heavy atom. The van der Waals surface area contributed by atoms with Crippen molar-refractivity contribution in [2.75, 3.05) is 33.9 Å². The number of likely N-dealkylation sites (tertiary alicyclic amines) is 1. The molecule has 0 unspecified atom stereocenters. The average molecular weight is 322 g/mol. The predicted molar refractivity (Wildman–Crippen MR) is 93.9 cm³/mol. The number of hydrogen-bond acceptors (Lipinski definition) is 3.